The van der Waals surface area contributed by atoms with Crippen molar-refractivity contribution in [2.75, 3.05) is 13.2 Å². The van der Waals surface area contributed by atoms with Gasteiger partial charge in [-0.1, -0.05) is 30.3 Å². The molecule has 1 aliphatic carbocycles. The van der Waals surface area contributed by atoms with Crippen LogP contribution >= 0.6 is 0 Å². The molecule has 2 atom stereocenters. The van der Waals surface area contributed by atoms with Crippen molar-refractivity contribution in [1.82, 2.24) is 4.90 Å². The van der Waals surface area contributed by atoms with Gasteiger partial charge in [-0.15, -0.1) is 0 Å². The van der Waals surface area contributed by atoms with Crippen molar-refractivity contribution in [1.29, 1.82) is 5.26 Å². The normalized spacial score (nSPS) is 29.2. The maximum Gasteiger partial charge on any atom is 0.237 e. The largest absolute Gasteiger partial charge is 0.376 e. The van der Waals surface area contributed by atoms with E-state index in [0.717, 1.165) is 38.5 Å². The second-order valence-electron chi connectivity index (χ2n) is 7.51. The fourth-order valence-corrected chi connectivity index (χ4v) is 4.30. The van der Waals surface area contributed by atoms with E-state index in [1.165, 1.54) is 5.56 Å². The summed E-state index contributed by atoms with van der Waals surface area (Å²) in [7, 11) is 0. The van der Waals surface area contributed by atoms with E-state index >= 15 is 0 Å². The van der Waals surface area contributed by atoms with Crippen molar-refractivity contribution in [3.63, 3.8) is 0 Å². The number of nitrogens with two attached hydrogens (primary N) is 1. The van der Waals surface area contributed by atoms with Gasteiger partial charge in [0.25, 0.3) is 0 Å². The Morgan fingerprint density at radius 1 is 1.19 bits per heavy atom. The highest BCUT2D eigenvalue weighted by molar-refractivity contribution is 5.78. The van der Waals surface area contributed by atoms with Crippen molar-refractivity contribution >= 4 is 5.91 Å². The molecule has 0 unspecified atom stereocenters. The number of nitrogens with zero attached hydrogens (tertiary/aromatic N) is 2. The zero-order valence-electron chi connectivity index (χ0n) is 15.3. The van der Waals surface area contributed by atoms with Gasteiger partial charge in [-0.3, -0.25) is 4.79 Å². The third kappa shape index (κ3) is 4.63. The SMILES string of the molecule is N#CCC(=O)N1CCC[C@H](N)[C@@H]1CO[C@H]1CC[C@@H](c2ccccc2)CC1. The number of piperidine rings is 1. The summed E-state index contributed by atoms with van der Waals surface area (Å²) in [6.07, 6.45) is 6.36. The van der Waals surface area contributed by atoms with Crippen LogP contribution in [0.2, 0.25) is 0 Å². The maximum atomic E-state index is 12.2. The molecule has 3 rings (SSSR count). The predicted octanol–water partition coefficient (Wildman–Crippen LogP) is 2.96. The number of carbonyl (C=O) groups is 1. The Kier molecular flexibility index (Phi) is 6.65. The predicted molar refractivity (Wildman–Crippen MR) is 100 cm³/mol. The van der Waals surface area contributed by atoms with Gasteiger partial charge >= 0.3 is 0 Å². The fourth-order valence-electron chi connectivity index (χ4n) is 4.30. The lowest BCUT2D eigenvalue weighted by molar-refractivity contribution is -0.137. The molecular formula is C21H29N3O2. The number of amides is 1. The molecule has 2 aliphatic rings. The lowest BCUT2D eigenvalue weighted by Crippen LogP contribution is -2.56. The average Bonchev–Trinajstić information content (AvgIpc) is 2.68. The molecule has 0 radical (unpaired) electrons. The van der Waals surface area contributed by atoms with Gasteiger partial charge in [-0.05, 0) is 50.0 Å². The first-order chi connectivity index (χ1) is 12.7. The number of likely N-dealkylation sites (tertiary alicyclic amines) is 1. The Morgan fingerprint density at radius 2 is 1.92 bits per heavy atom. The zero-order chi connectivity index (χ0) is 18.4. The number of rotatable bonds is 5. The Labute approximate surface area is 156 Å². The van der Waals surface area contributed by atoms with E-state index < -0.39 is 0 Å². The Bertz CT molecular complexity index is 620. The first-order valence-corrected chi connectivity index (χ1v) is 9.77. The summed E-state index contributed by atoms with van der Waals surface area (Å²) < 4.78 is 6.18. The summed E-state index contributed by atoms with van der Waals surface area (Å²) in [5.74, 6) is 0.505. The van der Waals surface area contributed by atoms with Crippen molar-refractivity contribution in [2.24, 2.45) is 5.73 Å². The van der Waals surface area contributed by atoms with E-state index in [9.17, 15) is 4.79 Å². The highest BCUT2D eigenvalue weighted by Crippen LogP contribution is 2.34. The number of hydrogen-bond donors (Lipinski definition) is 1. The molecular weight excluding hydrogens is 326 g/mol. The molecule has 1 saturated carbocycles. The molecule has 140 valence electrons. The van der Waals surface area contributed by atoms with E-state index in [1.54, 1.807) is 4.90 Å². The molecule has 0 aromatic heterocycles. The van der Waals surface area contributed by atoms with Crippen molar-refractivity contribution in [3.8, 4) is 6.07 Å². The van der Waals surface area contributed by atoms with Crippen LogP contribution in [0, 0.1) is 11.3 Å². The highest BCUT2D eigenvalue weighted by atomic mass is 16.5. The standard InChI is InChI=1S/C21H29N3O2/c22-13-12-21(25)24-14-4-7-19(23)20(24)15-26-18-10-8-17(9-11-18)16-5-2-1-3-6-16/h1-3,5-6,17-20H,4,7-12,14-15,23H2/t17-,18+,19-,20-/m0/s1. The molecule has 5 nitrogen and oxygen atoms in total. The molecule has 0 bridgehead atoms. The van der Waals surface area contributed by atoms with Crippen LogP contribution in [0.4, 0.5) is 0 Å². The summed E-state index contributed by atoms with van der Waals surface area (Å²) in [5.41, 5.74) is 7.68. The highest BCUT2D eigenvalue weighted by Gasteiger charge is 2.33. The molecule has 2 fully saturated rings. The van der Waals surface area contributed by atoms with Gasteiger partial charge in [0, 0.05) is 12.6 Å². The van der Waals surface area contributed by atoms with Crippen molar-refractivity contribution < 1.29 is 9.53 Å². The van der Waals surface area contributed by atoms with Gasteiger partial charge in [0.1, 0.15) is 6.42 Å². The molecule has 1 heterocycles. The average molecular weight is 355 g/mol. The third-order valence-corrected chi connectivity index (χ3v) is 5.83. The zero-order valence-corrected chi connectivity index (χ0v) is 15.3. The summed E-state index contributed by atoms with van der Waals surface area (Å²) in [5, 5.41) is 8.81. The lowest BCUT2D eigenvalue weighted by atomic mass is 9.83. The molecule has 1 amide bonds. The molecule has 26 heavy (non-hydrogen) atoms. The summed E-state index contributed by atoms with van der Waals surface area (Å²) in [6, 6.07) is 12.5. The minimum absolute atomic E-state index is 0.0629. The van der Waals surface area contributed by atoms with Crippen LogP contribution in [0.1, 0.15) is 56.4 Å². The molecule has 1 aromatic carbocycles. The molecule has 1 saturated heterocycles. The van der Waals surface area contributed by atoms with Crippen LogP contribution in [0.25, 0.3) is 0 Å². The summed E-state index contributed by atoms with van der Waals surface area (Å²) in [6.45, 7) is 1.17. The van der Waals surface area contributed by atoms with Crippen LogP contribution < -0.4 is 5.73 Å². The van der Waals surface area contributed by atoms with Gasteiger partial charge in [-0.2, -0.15) is 5.26 Å². The number of carbonyl (C=O) groups excluding carboxylic acids is 1. The van der Waals surface area contributed by atoms with E-state index in [4.69, 9.17) is 15.7 Å². The monoisotopic (exact) mass is 355 g/mol. The van der Waals surface area contributed by atoms with Gasteiger partial charge in [-0.25, -0.2) is 0 Å². The Hall–Kier alpha value is -1.90. The Morgan fingerprint density at radius 3 is 2.62 bits per heavy atom. The van der Waals surface area contributed by atoms with Crippen LogP contribution in [0.3, 0.4) is 0 Å². The van der Waals surface area contributed by atoms with E-state index in [0.29, 0.717) is 19.1 Å². The molecule has 5 heteroatoms. The third-order valence-electron chi connectivity index (χ3n) is 5.83. The fraction of sp³-hybridized carbons (Fsp3) is 0.619. The molecule has 1 aliphatic heterocycles. The minimum atomic E-state index is -0.121. The van der Waals surface area contributed by atoms with Crippen LogP contribution in [-0.2, 0) is 9.53 Å². The number of hydrogen-bond acceptors (Lipinski definition) is 4. The maximum absolute atomic E-state index is 12.2. The van der Waals surface area contributed by atoms with E-state index in [1.807, 2.05) is 6.07 Å². The van der Waals surface area contributed by atoms with Gasteiger partial charge < -0.3 is 15.4 Å². The number of benzene rings is 1. The minimum Gasteiger partial charge on any atom is -0.376 e. The first kappa shape index (κ1) is 18.9. The lowest BCUT2D eigenvalue weighted by Gasteiger charge is -2.40. The number of ether oxygens (including phenoxy) is 1. The van der Waals surface area contributed by atoms with Crippen LogP contribution in [0.15, 0.2) is 30.3 Å². The van der Waals surface area contributed by atoms with Gasteiger partial charge in [0.15, 0.2) is 0 Å². The van der Waals surface area contributed by atoms with Crippen LogP contribution in [0.5, 0.6) is 0 Å². The topological polar surface area (TPSA) is 79.4 Å². The summed E-state index contributed by atoms with van der Waals surface area (Å²) >= 11 is 0. The molecule has 2 N–H and O–H groups in total. The second-order valence-corrected chi connectivity index (χ2v) is 7.51. The second kappa shape index (κ2) is 9.16. The van der Waals surface area contributed by atoms with Gasteiger partial charge in [0.05, 0.1) is 24.8 Å². The molecule has 0 spiro atoms. The van der Waals surface area contributed by atoms with E-state index in [2.05, 4.69) is 30.3 Å². The smallest absolute Gasteiger partial charge is 0.237 e. The van der Waals surface area contributed by atoms with E-state index in [-0.39, 0.29) is 30.5 Å². The van der Waals surface area contributed by atoms with Gasteiger partial charge in [0.2, 0.25) is 5.91 Å². The van der Waals surface area contributed by atoms with Crippen LogP contribution in [-0.4, -0.2) is 42.1 Å². The first-order valence-electron chi connectivity index (χ1n) is 9.77. The molecule has 1 aromatic rings. The van der Waals surface area contributed by atoms with Crippen molar-refractivity contribution in [3.05, 3.63) is 35.9 Å². The Balaban J connectivity index is 1.50. The van der Waals surface area contributed by atoms with Crippen molar-refractivity contribution in [2.45, 2.75) is 69.1 Å². The number of nitriles is 1. The quantitative estimate of drug-likeness (QED) is 0.881. The summed E-state index contributed by atoms with van der Waals surface area (Å²) in [4.78, 5) is 14.0.